The van der Waals surface area contributed by atoms with Crippen molar-refractivity contribution in [1.29, 1.82) is 0 Å². The molecule has 0 radical (unpaired) electrons. The maximum absolute atomic E-state index is 5.96. The summed E-state index contributed by atoms with van der Waals surface area (Å²) in [7, 11) is 0. The molecular weight excluding hydrogens is 238 g/mol. The summed E-state index contributed by atoms with van der Waals surface area (Å²) in [6, 6.07) is 5.69. The lowest BCUT2D eigenvalue weighted by Gasteiger charge is -2.15. The molecule has 2 N–H and O–H groups in total. The highest BCUT2D eigenvalue weighted by molar-refractivity contribution is 5.55. The van der Waals surface area contributed by atoms with Gasteiger partial charge in [0.25, 0.3) is 0 Å². The molecule has 1 heterocycles. The zero-order valence-corrected chi connectivity index (χ0v) is 11.8. The smallest absolute Gasteiger partial charge is 0.222 e. The molecule has 1 aromatic carbocycles. The van der Waals surface area contributed by atoms with Crippen LogP contribution in [0.4, 0.5) is 5.69 Å². The molecule has 0 unspecified atom stereocenters. The standard InChI is InChI=1S/C15H19N3O/c1-9(2)12-8-13(16)10(3)7-14(12)19-15-5-6-17-11(4)18-15/h5-9H,16H2,1-4H3. The number of aryl methyl sites for hydroxylation is 2. The Labute approximate surface area is 113 Å². The number of ether oxygens (including phenoxy) is 1. The summed E-state index contributed by atoms with van der Waals surface area (Å²) in [4.78, 5) is 8.32. The highest BCUT2D eigenvalue weighted by atomic mass is 16.5. The molecule has 0 aliphatic heterocycles. The van der Waals surface area contributed by atoms with E-state index in [1.165, 1.54) is 0 Å². The third-order valence-corrected chi connectivity index (χ3v) is 2.99. The molecule has 0 amide bonds. The van der Waals surface area contributed by atoms with Crippen molar-refractivity contribution in [3.05, 3.63) is 41.3 Å². The summed E-state index contributed by atoms with van der Waals surface area (Å²) in [5.74, 6) is 2.38. The average molecular weight is 257 g/mol. The van der Waals surface area contributed by atoms with E-state index in [4.69, 9.17) is 10.5 Å². The van der Waals surface area contributed by atoms with E-state index in [1.54, 1.807) is 12.3 Å². The fraction of sp³-hybridized carbons (Fsp3) is 0.333. The monoisotopic (exact) mass is 257 g/mol. The lowest BCUT2D eigenvalue weighted by atomic mass is 9.99. The summed E-state index contributed by atoms with van der Waals surface area (Å²) >= 11 is 0. The quantitative estimate of drug-likeness (QED) is 0.853. The van der Waals surface area contributed by atoms with E-state index < -0.39 is 0 Å². The van der Waals surface area contributed by atoms with Crippen LogP contribution in [0.2, 0.25) is 0 Å². The Morgan fingerprint density at radius 2 is 1.95 bits per heavy atom. The average Bonchev–Trinajstić information content (AvgIpc) is 2.33. The number of anilines is 1. The molecule has 0 saturated carbocycles. The molecule has 2 rings (SSSR count). The van der Waals surface area contributed by atoms with Crippen LogP contribution >= 0.6 is 0 Å². The van der Waals surface area contributed by atoms with Crippen molar-refractivity contribution in [3.8, 4) is 11.6 Å². The van der Waals surface area contributed by atoms with Gasteiger partial charge in [0.1, 0.15) is 11.6 Å². The molecule has 100 valence electrons. The van der Waals surface area contributed by atoms with Crippen molar-refractivity contribution in [2.75, 3.05) is 5.73 Å². The van der Waals surface area contributed by atoms with Gasteiger partial charge in [0.15, 0.2) is 0 Å². The predicted octanol–water partition coefficient (Wildman–Crippen LogP) is 3.59. The minimum absolute atomic E-state index is 0.334. The van der Waals surface area contributed by atoms with Gasteiger partial charge in [0.2, 0.25) is 5.88 Å². The third kappa shape index (κ3) is 3.02. The minimum atomic E-state index is 0.334. The molecule has 0 fully saturated rings. The van der Waals surface area contributed by atoms with E-state index in [1.807, 2.05) is 26.0 Å². The first-order valence-corrected chi connectivity index (χ1v) is 6.35. The van der Waals surface area contributed by atoms with Crippen LogP contribution in [0.15, 0.2) is 24.4 Å². The molecule has 0 aliphatic rings. The van der Waals surface area contributed by atoms with E-state index in [0.717, 1.165) is 22.6 Å². The molecule has 0 spiro atoms. The number of nitrogens with two attached hydrogens (primary N) is 1. The topological polar surface area (TPSA) is 61.0 Å². The Hall–Kier alpha value is -2.10. The number of hydrogen-bond donors (Lipinski definition) is 1. The number of nitrogen functional groups attached to an aromatic ring is 1. The van der Waals surface area contributed by atoms with Crippen molar-refractivity contribution in [3.63, 3.8) is 0 Å². The Morgan fingerprint density at radius 3 is 2.58 bits per heavy atom. The van der Waals surface area contributed by atoms with Crippen molar-refractivity contribution in [1.82, 2.24) is 9.97 Å². The highest BCUT2D eigenvalue weighted by Crippen LogP contribution is 2.33. The Balaban J connectivity index is 2.41. The van der Waals surface area contributed by atoms with Gasteiger partial charge in [-0.25, -0.2) is 4.98 Å². The summed E-state index contributed by atoms with van der Waals surface area (Å²) in [6.07, 6.45) is 1.69. The molecule has 1 aromatic heterocycles. The molecule has 0 atom stereocenters. The fourth-order valence-corrected chi connectivity index (χ4v) is 1.86. The number of aromatic nitrogens is 2. The highest BCUT2D eigenvalue weighted by Gasteiger charge is 2.12. The zero-order chi connectivity index (χ0) is 14.0. The second-order valence-electron chi connectivity index (χ2n) is 4.95. The molecule has 2 aromatic rings. The van der Waals surface area contributed by atoms with Crippen molar-refractivity contribution >= 4 is 5.69 Å². The summed E-state index contributed by atoms with van der Waals surface area (Å²) < 4.78 is 5.88. The third-order valence-electron chi connectivity index (χ3n) is 2.99. The second-order valence-corrected chi connectivity index (χ2v) is 4.95. The van der Waals surface area contributed by atoms with E-state index >= 15 is 0 Å². The second kappa shape index (κ2) is 5.26. The molecule has 19 heavy (non-hydrogen) atoms. The summed E-state index contributed by atoms with van der Waals surface area (Å²) in [5.41, 5.74) is 8.84. The zero-order valence-electron chi connectivity index (χ0n) is 11.8. The van der Waals surface area contributed by atoms with Crippen LogP contribution in [-0.4, -0.2) is 9.97 Å². The summed E-state index contributed by atoms with van der Waals surface area (Å²) in [5, 5.41) is 0. The Morgan fingerprint density at radius 1 is 1.21 bits per heavy atom. The van der Waals surface area contributed by atoms with Gasteiger partial charge in [0, 0.05) is 18.0 Å². The molecule has 0 bridgehead atoms. The Kier molecular flexibility index (Phi) is 3.69. The van der Waals surface area contributed by atoms with Gasteiger partial charge in [-0.15, -0.1) is 0 Å². The van der Waals surface area contributed by atoms with Gasteiger partial charge in [-0.2, -0.15) is 4.98 Å². The van der Waals surface area contributed by atoms with Crippen LogP contribution in [0, 0.1) is 13.8 Å². The van der Waals surface area contributed by atoms with Gasteiger partial charge in [-0.3, -0.25) is 0 Å². The van der Waals surface area contributed by atoms with Gasteiger partial charge in [-0.1, -0.05) is 13.8 Å². The van der Waals surface area contributed by atoms with Gasteiger partial charge >= 0.3 is 0 Å². The SMILES string of the molecule is Cc1nccc(Oc2cc(C)c(N)cc2C(C)C)n1. The first kappa shape index (κ1) is 13.3. The largest absolute Gasteiger partial charge is 0.439 e. The van der Waals surface area contributed by atoms with Gasteiger partial charge < -0.3 is 10.5 Å². The van der Waals surface area contributed by atoms with Crippen LogP contribution in [0.3, 0.4) is 0 Å². The van der Waals surface area contributed by atoms with Crippen molar-refractivity contribution < 1.29 is 4.74 Å². The van der Waals surface area contributed by atoms with Crippen LogP contribution < -0.4 is 10.5 Å². The van der Waals surface area contributed by atoms with Crippen LogP contribution in [0.25, 0.3) is 0 Å². The van der Waals surface area contributed by atoms with Crippen LogP contribution in [0.5, 0.6) is 11.6 Å². The predicted molar refractivity (Wildman–Crippen MR) is 76.5 cm³/mol. The molecule has 4 nitrogen and oxygen atoms in total. The maximum atomic E-state index is 5.96. The van der Waals surface area contributed by atoms with Gasteiger partial charge in [-0.05, 0) is 43.0 Å². The number of hydrogen-bond acceptors (Lipinski definition) is 4. The maximum Gasteiger partial charge on any atom is 0.222 e. The normalized spacial score (nSPS) is 10.8. The van der Waals surface area contributed by atoms with E-state index in [2.05, 4.69) is 23.8 Å². The van der Waals surface area contributed by atoms with E-state index in [9.17, 15) is 0 Å². The molecular formula is C15H19N3O. The van der Waals surface area contributed by atoms with E-state index in [-0.39, 0.29) is 0 Å². The van der Waals surface area contributed by atoms with Gasteiger partial charge in [0.05, 0.1) is 0 Å². The fourth-order valence-electron chi connectivity index (χ4n) is 1.86. The molecule has 0 saturated heterocycles. The molecule has 0 aliphatic carbocycles. The lowest BCUT2D eigenvalue weighted by Crippen LogP contribution is -2.00. The lowest BCUT2D eigenvalue weighted by molar-refractivity contribution is 0.451. The number of rotatable bonds is 3. The number of nitrogens with zero attached hydrogens (tertiary/aromatic N) is 2. The van der Waals surface area contributed by atoms with Crippen molar-refractivity contribution in [2.45, 2.75) is 33.6 Å². The van der Waals surface area contributed by atoms with Crippen molar-refractivity contribution in [2.24, 2.45) is 0 Å². The summed E-state index contributed by atoms with van der Waals surface area (Å²) in [6.45, 7) is 8.03. The molecule has 4 heteroatoms. The first-order chi connectivity index (χ1) is 8.97. The Bertz CT molecular complexity index is 594. The van der Waals surface area contributed by atoms with Crippen LogP contribution in [0.1, 0.15) is 36.7 Å². The van der Waals surface area contributed by atoms with E-state index in [0.29, 0.717) is 17.6 Å². The minimum Gasteiger partial charge on any atom is -0.439 e. The first-order valence-electron chi connectivity index (χ1n) is 6.35. The number of benzene rings is 1. The van der Waals surface area contributed by atoms with Crippen LogP contribution in [-0.2, 0) is 0 Å².